The Bertz CT molecular complexity index is 403. The molecule has 0 spiro atoms. The highest BCUT2D eigenvalue weighted by Crippen LogP contribution is 2.29. The van der Waals surface area contributed by atoms with Crippen LogP contribution in [0.25, 0.3) is 0 Å². The molecule has 0 aromatic carbocycles. The van der Waals surface area contributed by atoms with E-state index in [1.807, 2.05) is 0 Å². The van der Waals surface area contributed by atoms with Gasteiger partial charge in [0.15, 0.2) is 6.10 Å². The summed E-state index contributed by atoms with van der Waals surface area (Å²) < 4.78 is 46.5. The van der Waals surface area contributed by atoms with Crippen molar-refractivity contribution in [1.29, 1.82) is 0 Å². The molecule has 0 bridgehead atoms. The first kappa shape index (κ1) is 14.3. The first-order valence-electron chi connectivity index (χ1n) is 5.21. The van der Waals surface area contributed by atoms with Crippen molar-refractivity contribution in [2.75, 3.05) is 6.61 Å². The van der Waals surface area contributed by atoms with E-state index in [0.717, 1.165) is 12.1 Å². The van der Waals surface area contributed by atoms with E-state index < -0.39 is 23.8 Å². The van der Waals surface area contributed by atoms with Gasteiger partial charge in [0.25, 0.3) is 0 Å². The molecule has 0 amide bonds. The first-order chi connectivity index (χ1) is 8.34. The van der Waals surface area contributed by atoms with E-state index >= 15 is 0 Å². The smallest absolute Gasteiger partial charge is 0.417 e. The molecule has 1 aromatic heterocycles. The second-order valence-electron chi connectivity index (χ2n) is 3.39. The Morgan fingerprint density at radius 2 is 2.11 bits per heavy atom. The quantitative estimate of drug-likeness (QED) is 0.783. The minimum absolute atomic E-state index is 0.0662. The van der Waals surface area contributed by atoms with Gasteiger partial charge in [0.2, 0.25) is 5.88 Å². The molecular formula is C11H12F3NO3. The van der Waals surface area contributed by atoms with Crippen molar-refractivity contribution in [3.8, 4) is 5.88 Å². The normalized spacial score (nSPS) is 12.9. The van der Waals surface area contributed by atoms with E-state index in [1.165, 1.54) is 6.92 Å². The summed E-state index contributed by atoms with van der Waals surface area (Å²) in [5.74, 6) is -0.664. The molecule has 0 aliphatic rings. The molecule has 0 saturated carbocycles. The summed E-state index contributed by atoms with van der Waals surface area (Å²) in [7, 11) is 0. The maximum atomic E-state index is 12.3. The number of carbonyl (C=O) groups is 1. The topological polar surface area (TPSA) is 48.4 Å². The van der Waals surface area contributed by atoms with Gasteiger partial charge >= 0.3 is 12.1 Å². The summed E-state index contributed by atoms with van der Waals surface area (Å²) in [5.41, 5.74) is -0.876. The molecule has 0 aliphatic carbocycles. The van der Waals surface area contributed by atoms with E-state index in [1.54, 1.807) is 6.92 Å². The van der Waals surface area contributed by atoms with Crippen molar-refractivity contribution in [1.82, 2.24) is 4.98 Å². The Balaban J connectivity index is 2.67. The number of halogens is 3. The predicted octanol–water partition coefficient (Wildman–Crippen LogP) is 2.43. The van der Waals surface area contributed by atoms with E-state index in [4.69, 9.17) is 4.74 Å². The van der Waals surface area contributed by atoms with Gasteiger partial charge in [0.05, 0.1) is 12.2 Å². The fraction of sp³-hybridized carbons (Fsp3) is 0.455. The maximum absolute atomic E-state index is 12.3. The van der Waals surface area contributed by atoms with Crippen LogP contribution < -0.4 is 4.74 Å². The Kier molecular flexibility index (Phi) is 4.52. The summed E-state index contributed by atoms with van der Waals surface area (Å²) in [6.07, 6.45) is -4.72. The second kappa shape index (κ2) is 5.70. The third-order valence-electron chi connectivity index (χ3n) is 1.98. The van der Waals surface area contributed by atoms with Gasteiger partial charge in [-0.05, 0) is 19.9 Å². The lowest BCUT2D eigenvalue weighted by molar-refractivity contribution is -0.150. The molecule has 0 radical (unpaired) electrons. The summed E-state index contributed by atoms with van der Waals surface area (Å²) in [6, 6.07) is 1.89. The number of ether oxygens (including phenoxy) is 2. The molecule has 7 heteroatoms. The van der Waals surface area contributed by atoms with Crippen LogP contribution in [0.5, 0.6) is 5.88 Å². The van der Waals surface area contributed by atoms with Crippen molar-refractivity contribution >= 4 is 5.97 Å². The number of rotatable bonds is 4. The molecule has 18 heavy (non-hydrogen) atoms. The molecule has 1 aromatic rings. The highest BCUT2D eigenvalue weighted by molar-refractivity contribution is 5.74. The first-order valence-corrected chi connectivity index (χ1v) is 5.21. The van der Waals surface area contributed by atoms with Crippen LogP contribution in [0.4, 0.5) is 13.2 Å². The zero-order valence-electron chi connectivity index (χ0n) is 9.82. The lowest BCUT2D eigenvalue weighted by Gasteiger charge is -2.13. The molecule has 1 heterocycles. The van der Waals surface area contributed by atoms with Crippen molar-refractivity contribution in [2.45, 2.75) is 26.1 Å². The van der Waals surface area contributed by atoms with Crippen LogP contribution >= 0.6 is 0 Å². The minimum Gasteiger partial charge on any atom is -0.463 e. The van der Waals surface area contributed by atoms with Gasteiger partial charge in [-0.3, -0.25) is 0 Å². The van der Waals surface area contributed by atoms with E-state index in [0.29, 0.717) is 6.20 Å². The maximum Gasteiger partial charge on any atom is 0.417 e. The summed E-state index contributed by atoms with van der Waals surface area (Å²) >= 11 is 0. The molecule has 100 valence electrons. The lowest BCUT2D eigenvalue weighted by atomic mass is 10.3. The number of alkyl halides is 3. The van der Waals surface area contributed by atoms with Gasteiger partial charge in [-0.15, -0.1) is 0 Å². The number of hydrogen-bond donors (Lipinski definition) is 0. The third-order valence-corrected chi connectivity index (χ3v) is 1.98. The van der Waals surface area contributed by atoms with Gasteiger partial charge < -0.3 is 9.47 Å². The van der Waals surface area contributed by atoms with E-state index in [-0.39, 0.29) is 12.5 Å². The van der Waals surface area contributed by atoms with Gasteiger partial charge in [-0.25, -0.2) is 9.78 Å². The Labute approximate surface area is 102 Å². The highest BCUT2D eigenvalue weighted by Gasteiger charge is 2.30. The summed E-state index contributed by atoms with van der Waals surface area (Å²) in [4.78, 5) is 14.7. The Hall–Kier alpha value is -1.79. The monoisotopic (exact) mass is 263 g/mol. The number of carbonyl (C=O) groups excluding carboxylic acids is 1. The van der Waals surface area contributed by atoms with Crippen LogP contribution in [0.15, 0.2) is 18.3 Å². The fourth-order valence-corrected chi connectivity index (χ4v) is 1.11. The molecule has 0 N–H and O–H groups in total. The molecule has 4 nitrogen and oxygen atoms in total. The number of esters is 1. The largest absolute Gasteiger partial charge is 0.463 e. The number of pyridine rings is 1. The van der Waals surface area contributed by atoms with E-state index in [2.05, 4.69) is 9.72 Å². The number of hydrogen-bond acceptors (Lipinski definition) is 4. The molecule has 1 unspecified atom stereocenters. The highest BCUT2D eigenvalue weighted by atomic mass is 19.4. The molecule has 0 fully saturated rings. The molecule has 1 atom stereocenters. The van der Waals surface area contributed by atoms with Crippen molar-refractivity contribution < 1.29 is 27.4 Å². The SMILES string of the molecule is CCOC(=O)C(C)Oc1ccc(C(F)(F)F)cn1. The van der Waals surface area contributed by atoms with Gasteiger partial charge in [0.1, 0.15) is 0 Å². The zero-order valence-corrected chi connectivity index (χ0v) is 9.82. The van der Waals surface area contributed by atoms with Crippen molar-refractivity contribution in [2.24, 2.45) is 0 Å². The Morgan fingerprint density at radius 3 is 2.56 bits per heavy atom. The van der Waals surface area contributed by atoms with Gasteiger partial charge in [0, 0.05) is 12.3 Å². The number of nitrogens with zero attached hydrogens (tertiary/aromatic N) is 1. The Morgan fingerprint density at radius 1 is 1.44 bits per heavy atom. The standard InChI is InChI=1S/C11H12F3NO3/c1-3-17-10(16)7(2)18-9-5-4-8(6-15-9)11(12,13)14/h4-7H,3H2,1-2H3. The average molecular weight is 263 g/mol. The zero-order chi connectivity index (χ0) is 13.8. The van der Waals surface area contributed by atoms with Gasteiger partial charge in [-0.1, -0.05) is 0 Å². The molecule has 0 saturated heterocycles. The van der Waals surface area contributed by atoms with Crippen molar-refractivity contribution in [3.63, 3.8) is 0 Å². The van der Waals surface area contributed by atoms with Crippen LogP contribution in [0.3, 0.4) is 0 Å². The van der Waals surface area contributed by atoms with Crippen LogP contribution in [0.1, 0.15) is 19.4 Å². The molecule has 1 rings (SSSR count). The lowest BCUT2D eigenvalue weighted by Crippen LogP contribution is -2.26. The van der Waals surface area contributed by atoms with E-state index in [9.17, 15) is 18.0 Å². The summed E-state index contributed by atoms with van der Waals surface area (Å²) in [5, 5.41) is 0. The minimum atomic E-state index is -4.45. The third kappa shape index (κ3) is 3.90. The number of aromatic nitrogens is 1. The predicted molar refractivity (Wildman–Crippen MR) is 56.0 cm³/mol. The van der Waals surface area contributed by atoms with Crippen LogP contribution in [0, 0.1) is 0 Å². The van der Waals surface area contributed by atoms with Crippen LogP contribution in [-0.4, -0.2) is 23.7 Å². The van der Waals surface area contributed by atoms with Crippen LogP contribution in [0.2, 0.25) is 0 Å². The fourth-order valence-electron chi connectivity index (χ4n) is 1.11. The molecule has 0 aliphatic heterocycles. The van der Waals surface area contributed by atoms with Crippen molar-refractivity contribution in [3.05, 3.63) is 23.9 Å². The second-order valence-corrected chi connectivity index (χ2v) is 3.39. The summed E-state index contributed by atoms with van der Waals surface area (Å²) in [6.45, 7) is 3.27. The molecular weight excluding hydrogens is 251 g/mol. The average Bonchev–Trinajstić information content (AvgIpc) is 2.28. The van der Waals surface area contributed by atoms with Gasteiger partial charge in [-0.2, -0.15) is 13.2 Å². The van der Waals surface area contributed by atoms with Crippen LogP contribution in [-0.2, 0) is 15.7 Å².